The van der Waals surface area contributed by atoms with Crippen molar-refractivity contribution in [1.82, 2.24) is 5.32 Å². The molecule has 1 fully saturated rings. The summed E-state index contributed by atoms with van der Waals surface area (Å²) in [4.78, 5) is 0. The van der Waals surface area contributed by atoms with Gasteiger partial charge in [0.15, 0.2) is 0 Å². The summed E-state index contributed by atoms with van der Waals surface area (Å²) in [6.45, 7) is 1.36. The van der Waals surface area contributed by atoms with Crippen molar-refractivity contribution in [2.75, 3.05) is 24.7 Å². The highest BCUT2D eigenvalue weighted by Crippen LogP contribution is 2.16. The molecule has 0 saturated carbocycles. The largest absolute Gasteiger partial charge is 0.467 e. The Balaban J connectivity index is 1.53. The zero-order chi connectivity index (χ0) is 12.6. The maximum atomic E-state index is 9.78. The van der Waals surface area contributed by atoms with Gasteiger partial charge in [-0.3, -0.25) is 0 Å². The molecule has 0 bridgehead atoms. The van der Waals surface area contributed by atoms with E-state index in [1.54, 1.807) is 6.26 Å². The van der Waals surface area contributed by atoms with E-state index in [0.29, 0.717) is 25.8 Å². The first kappa shape index (κ1) is 13.9. The molecule has 1 aromatic rings. The third-order valence-electron chi connectivity index (χ3n) is 2.94. The van der Waals surface area contributed by atoms with E-state index in [9.17, 15) is 5.11 Å². The van der Waals surface area contributed by atoms with Gasteiger partial charge in [0.1, 0.15) is 12.4 Å². The van der Waals surface area contributed by atoms with Gasteiger partial charge in [0.25, 0.3) is 0 Å². The van der Waals surface area contributed by atoms with E-state index in [1.165, 1.54) is 18.6 Å². The Morgan fingerprint density at radius 3 is 3.28 bits per heavy atom. The highest BCUT2D eigenvalue weighted by atomic mass is 32.2. The maximum absolute atomic E-state index is 9.78. The van der Waals surface area contributed by atoms with Crippen molar-refractivity contribution in [3.05, 3.63) is 24.2 Å². The first-order valence-electron chi connectivity index (χ1n) is 6.44. The third kappa shape index (κ3) is 5.02. The summed E-state index contributed by atoms with van der Waals surface area (Å²) < 4.78 is 10.5. The van der Waals surface area contributed by atoms with Crippen molar-refractivity contribution in [1.29, 1.82) is 0 Å². The Morgan fingerprint density at radius 1 is 1.61 bits per heavy atom. The summed E-state index contributed by atoms with van der Waals surface area (Å²) in [5.41, 5.74) is 0. The van der Waals surface area contributed by atoms with E-state index >= 15 is 0 Å². The summed E-state index contributed by atoms with van der Waals surface area (Å²) in [5.74, 6) is 3.21. The first-order valence-corrected chi connectivity index (χ1v) is 7.59. The van der Waals surface area contributed by atoms with Gasteiger partial charge < -0.3 is 19.6 Å². The smallest absolute Gasteiger partial charge is 0.129 e. The molecule has 2 N–H and O–H groups in total. The van der Waals surface area contributed by atoms with Crippen molar-refractivity contribution < 1.29 is 14.3 Å². The van der Waals surface area contributed by atoms with Crippen LogP contribution in [-0.4, -0.2) is 41.9 Å². The molecule has 1 aromatic heterocycles. The maximum Gasteiger partial charge on any atom is 0.129 e. The van der Waals surface area contributed by atoms with Crippen molar-refractivity contribution in [2.24, 2.45) is 0 Å². The van der Waals surface area contributed by atoms with Crippen LogP contribution < -0.4 is 5.32 Å². The van der Waals surface area contributed by atoms with Gasteiger partial charge >= 0.3 is 0 Å². The number of hydrogen-bond acceptors (Lipinski definition) is 5. The van der Waals surface area contributed by atoms with Crippen LogP contribution in [0.4, 0.5) is 0 Å². The molecule has 5 heteroatoms. The number of thioether (sulfide) groups is 1. The minimum atomic E-state index is -0.452. The predicted octanol–water partition coefficient (Wildman–Crippen LogP) is 1.64. The second-order valence-corrected chi connectivity index (χ2v) is 5.72. The monoisotopic (exact) mass is 271 g/mol. The molecular weight excluding hydrogens is 250 g/mol. The Hall–Kier alpha value is -0.490. The highest BCUT2D eigenvalue weighted by molar-refractivity contribution is 7.99. The van der Waals surface area contributed by atoms with E-state index in [0.717, 1.165) is 11.5 Å². The lowest BCUT2D eigenvalue weighted by Gasteiger charge is -2.23. The number of nitrogens with one attached hydrogen (secondary N) is 1. The number of hydrogen-bond donors (Lipinski definition) is 2. The van der Waals surface area contributed by atoms with Gasteiger partial charge in [-0.1, -0.05) is 0 Å². The van der Waals surface area contributed by atoms with Gasteiger partial charge in [-0.05, 0) is 30.7 Å². The summed E-state index contributed by atoms with van der Waals surface area (Å²) in [6.07, 6.45) is 3.66. The summed E-state index contributed by atoms with van der Waals surface area (Å²) in [6, 6.07) is 4.24. The molecule has 2 unspecified atom stereocenters. The molecule has 2 atom stereocenters. The van der Waals surface area contributed by atoms with Crippen LogP contribution in [0, 0.1) is 0 Å². The Labute approximate surface area is 112 Å². The summed E-state index contributed by atoms with van der Waals surface area (Å²) in [5, 5.41) is 13.2. The van der Waals surface area contributed by atoms with E-state index in [-0.39, 0.29) is 0 Å². The van der Waals surface area contributed by atoms with Gasteiger partial charge in [0.2, 0.25) is 0 Å². The number of furan rings is 1. The molecule has 1 aliphatic rings. The zero-order valence-electron chi connectivity index (χ0n) is 10.5. The summed E-state index contributed by atoms with van der Waals surface area (Å²) >= 11 is 1.98. The van der Waals surface area contributed by atoms with Crippen molar-refractivity contribution in [2.45, 2.75) is 31.6 Å². The standard InChI is InChI=1S/C13H21NO3S/c15-12(7-14-11-3-2-6-18-10-11)8-16-9-13-4-1-5-17-13/h1,4-5,11-12,14-15H,2-3,6-10H2. The van der Waals surface area contributed by atoms with Gasteiger partial charge in [0, 0.05) is 18.3 Å². The van der Waals surface area contributed by atoms with Crippen LogP contribution in [-0.2, 0) is 11.3 Å². The molecule has 0 amide bonds. The van der Waals surface area contributed by atoms with Crippen LogP contribution in [0.2, 0.25) is 0 Å². The Bertz CT molecular complexity index is 312. The van der Waals surface area contributed by atoms with Crippen LogP contribution in [0.15, 0.2) is 22.8 Å². The van der Waals surface area contributed by atoms with Gasteiger partial charge in [-0.2, -0.15) is 11.8 Å². The van der Waals surface area contributed by atoms with Crippen LogP contribution in [0.25, 0.3) is 0 Å². The molecule has 0 aromatic carbocycles. The van der Waals surface area contributed by atoms with Crippen LogP contribution >= 0.6 is 11.8 Å². The molecule has 102 valence electrons. The lowest BCUT2D eigenvalue weighted by molar-refractivity contribution is 0.0217. The molecular formula is C13H21NO3S. The number of rotatable bonds is 7. The molecule has 2 heterocycles. The van der Waals surface area contributed by atoms with Crippen molar-refractivity contribution >= 4 is 11.8 Å². The minimum Gasteiger partial charge on any atom is -0.467 e. The van der Waals surface area contributed by atoms with Gasteiger partial charge in [-0.25, -0.2) is 0 Å². The quantitative estimate of drug-likeness (QED) is 0.789. The van der Waals surface area contributed by atoms with Gasteiger partial charge in [0.05, 0.1) is 19.0 Å². The average Bonchev–Trinajstić information content (AvgIpc) is 2.91. The summed E-state index contributed by atoms with van der Waals surface area (Å²) in [7, 11) is 0. The molecule has 4 nitrogen and oxygen atoms in total. The van der Waals surface area contributed by atoms with E-state index < -0.39 is 6.10 Å². The molecule has 18 heavy (non-hydrogen) atoms. The fraction of sp³-hybridized carbons (Fsp3) is 0.692. The van der Waals surface area contributed by atoms with E-state index in [2.05, 4.69) is 5.32 Å². The zero-order valence-corrected chi connectivity index (χ0v) is 11.3. The second-order valence-electron chi connectivity index (χ2n) is 4.57. The van der Waals surface area contributed by atoms with Crippen LogP contribution in [0.5, 0.6) is 0 Å². The number of aliphatic hydroxyl groups excluding tert-OH is 1. The fourth-order valence-corrected chi connectivity index (χ4v) is 3.06. The third-order valence-corrected chi connectivity index (χ3v) is 4.15. The Kier molecular flexibility index (Phi) is 6.07. The van der Waals surface area contributed by atoms with Crippen LogP contribution in [0.1, 0.15) is 18.6 Å². The lowest BCUT2D eigenvalue weighted by Crippen LogP contribution is -2.40. The number of aliphatic hydroxyl groups is 1. The van der Waals surface area contributed by atoms with Crippen LogP contribution in [0.3, 0.4) is 0 Å². The van der Waals surface area contributed by atoms with E-state index in [1.807, 2.05) is 23.9 Å². The fourth-order valence-electron chi connectivity index (χ4n) is 1.95. The topological polar surface area (TPSA) is 54.6 Å². The molecule has 2 rings (SSSR count). The molecule has 0 radical (unpaired) electrons. The number of ether oxygens (including phenoxy) is 1. The van der Waals surface area contributed by atoms with Gasteiger partial charge in [-0.15, -0.1) is 0 Å². The SMILES string of the molecule is OC(CNC1CCCSC1)COCc1ccco1. The molecule has 0 spiro atoms. The average molecular weight is 271 g/mol. The first-order chi connectivity index (χ1) is 8.84. The highest BCUT2D eigenvalue weighted by Gasteiger charge is 2.14. The minimum absolute atomic E-state index is 0.341. The van der Waals surface area contributed by atoms with E-state index in [4.69, 9.17) is 9.15 Å². The lowest BCUT2D eigenvalue weighted by atomic mass is 10.2. The molecule has 0 aliphatic carbocycles. The van der Waals surface area contributed by atoms with Crippen molar-refractivity contribution in [3.8, 4) is 0 Å². The van der Waals surface area contributed by atoms with Crippen molar-refractivity contribution in [3.63, 3.8) is 0 Å². The predicted molar refractivity (Wildman–Crippen MR) is 72.7 cm³/mol. The normalized spacial score (nSPS) is 21.9. The second kappa shape index (κ2) is 7.84. The Morgan fingerprint density at radius 2 is 2.56 bits per heavy atom. The molecule has 1 aliphatic heterocycles. The molecule has 1 saturated heterocycles.